The van der Waals surface area contributed by atoms with Crippen molar-refractivity contribution in [1.82, 2.24) is 4.98 Å². The summed E-state index contributed by atoms with van der Waals surface area (Å²) in [4.78, 5) is 15.3. The fourth-order valence-corrected chi connectivity index (χ4v) is 1.63. The Morgan fingerprint density at radius 2 is 1.94 bits per heavy atom. The van der Waals surface area contributed by atoms with Crippen molar-refractivity contribution in [3.63, 3.8) is 0 Å². The Morgan fingerprint density at radius 1 is 1.18 bits per heavy atom. The molecule has 0 amide bonds. The number of phenols is 2. The molecule has 0 atom stereocenters. The highest BCUT2D eigenvalue weighted by molar-refractivity contribution is 5.99. The van der Waals surface area contributed by atoms with Crippen LogP contribution in [0.2, 0.25) is 0 Å². The monoisotopic (exact) mass is 229 g/mol. The molecular formula is C13H11NO3. The smallest absolute Gasteiger partial charge is 0.163 e. The zero-order valence-electron chi connectivity index (χ0n) is 9.21. The Hall–Kier alpha value is -2.36. The molecule has 0 saturated carbocycles. The van der Waals surface area contributed by atoms with Crippen LogP contribution in [0.1, 0.15) is 17.3 Å². The van der Waals surface area contributed by atoms with Crippen molar-refractivity contribution < 1.29 is 15.0 Å². The number of benzene rings is 1. The maximum absolute atomic E-state index is 11.3. The number of carbonyl (C=O) groups is 1. The van der Waals surface area contributed by atoms with Crippen molar-refractivity contribution in [2.75, 3.05) is 0 Å². The molecule has 0 fully saturated rings. The van der Waals surface area contributed by atoms with Gasteiger partial charge in [-0.3, -0.25) is 9.78 Å². The Bertz CT molecular complexity index is 564. The number of nitrogens with zero attached hydrogens (tertiary/aromatic N) is 1. The van der Waals surface area contributed by atoms with Crippen molar-refractivity contribution in [1.29, 1.82) is 0 Å². The van der Waals surface area contributed by atoms with Crippen molar-refractivity contribution >= 4 is 5.78 Å². The minimum Gasteiger partial charge on any atom is -0.507 e. The second-order valence-electron chi connectivity index (χ2n) is 3.63. The lowest BCUT2D eigenvalue weighted by Crippen LogP contribution is -1.95. The van der Waals surface area contributed by atoms with E-state index in [4.69, 9.17) is 0 Å². The van der Waals surface area contributed by atoms with Gasteiger partial charge >= 0.3 is 0 Å². The molecule has 0 radical (unpaired) electrons. The normalized spacial score (nSPS) is 10.2. The van der Waals surface area contributed by atoms with E-state index in [2.05, 4.69) is 4.98 Å². The van der Waals surface area contributed by atoms with Crippen LogP contribution in [0.3, 0.4) is 0 Å². The van der Waals surface area contributed by atoms with Gasteiger partial charge in [-0.05, 0) is 31.2 Å². The third-order valence-electron chi connectivity index (χ3n) is 2.46. The van der Waals surface area contributed by atoms with Gasteiger partial charge in [0.1, 0.15) is 11.5 Å². The minimum absolute atomic E-state index is 0.105. The number of ketones is 1. The zero-order chi connectivity index (χ0) is 12.4. The average Bonchev–Trinajstić information content (AvgIpc) is 2.30. The molecule has 0 aliphatic heterocycles. The molecule has 0 spiro atoms. The first-order chi connectivity index (χ1) is 8.11. The van der Waals surface area contributed by atoms with Gasteiger partial charge in [0, 0.05) is 6.20 Å². The van der Waals surface area contributed by atoms with Crippen LogP contribution >= 0.6 is 0 Å². The summed E-state index contributed by atoms with van der Waals surface area (Å²) in [7, 11) is 0. The summed E-state index contributed by atoms with van der Waals surface area (Å²) in [5.74, 6) is -0.609. The second-order valence-corrected chi connectivity index (χ2v) is 3.63. The van der Waals surface area contributed by atoms with Gasteiger partial charge in [0.2, 0.25) is 0 Å². The molecule has 4 heteroatoms. The maximum Gasteiger partial charge on any atom is 0.163 e. The highest BCUT2D eigenvalue weighted by Gasteiger charge is 2.17. The quantitative estimate of drug-likeness (QED) is 0.775. The summed E-state index contributed by atoms with van der Waals surface area (Å²) >= 11 is 0. The highest BCUT2D eigenvalue weighted by atomic mass is 16.3. The molecular weight excluding hydrogens is 218 g/mol. The first-order valence-corrected chi connectivity index (χ1v) is 5.08. The molecule has 86 valence electrons. The van der Waals surface area contributed by atoms with Gasteiger partial charge in [-0.1, -0.05) is 6.07 Å². The van der Waals surface area contributed by atoms with E-state index in [0.29, 0.717) is 5.69 Å². The van der Waals surface area contributed by atoms with Crippen molar-refractivity contribution in [3.8, 4) is 22.8 Å². The molecule has 4 nitrogen and oxygen atoms in total. The number of aromatic nitrogens is 1. The van der Waals surface area contributed by atoms with E-state index in [1.807, 2.05) is 0 Å². The summed E-state index contributed by atoms with van der Waals surface area (Å²) in [6.07, 6.45) is 1.55. The fourth-order valence-electron chi connectivity index (χ4n) is 1.63. The summed E-state index contributed by atoms with van der Waals surface area (Å²) < 4.78 is 0. The van der Waals surface area contributed by atoms with E-state index in [1.165, 1.54) is 19.1 Å². The summed E-state index contributed by atoms with van der Waals surface area (Å²) in [5, 5.41) is 19.7. The molecule has 0 aliphatic carbocycles. The summed E-state index contributed by atoms with van der Waals surface area (Å²) in [5.41, 5.74) is 0.771. The van der Waals surface area contributed by atoms with Crippen molar-refractivity contribution in [3.05, 3.63) is 42.1 Å². The van der Waals surface area contributed by atoms with E-state index in [1.54, 1.807) is 24.4 Å². The fraction of sp³-hybridized carbons (Fsp3) is 0.0769. The van der Waals surface area contributed by atoms with Crippen LogP contribution in [0.4, 0.5) is 0 Å². The van der Waals surface area contributed by atoms with Gasteiger partial charge in [-0.15, -0.1) is 0 Å². The van der Waals surface area contributed by atoms with Gasteiger partial charge in [0.25, 0.3) is 0 Å². The van der Waals surface area contributed by atoms with E-state index in [-0.39, 0.29) is 28.4 Å². The standard InChI is InChI=1S/C13H11NO3/c1-8(15)9-5-6-11(16)12(13(9)17)10-4-2-3-7-14-10/h2-7,16-17H,1H3. The zero-order valence-corrected chi connectivity index (χ0v) is 9.21. The lowest BCUT2D eigenvalue weighted by molar-refractivity contribution is 0.101. The van der Waals surface area contributed by atoms with Crippen LogP contribution in [0.25, 0.3) is 11.3 Å². The maximum atomic E-state index is 11.3. The van der Waals surface area contributed by atoms with Crippen molar-refractivity contribution in [2.45, 2.75) is 6.92 Å². The molecule has 0 aliphatic rings. The molecule has 2 N–H and O–H groups in total. The van der Waals surface area contributed by atoms with Gasteiger partial charge in [0.05, 0.1) is 16.8 Å². The van der Waals surface area contributed by atoms with Crippen molar-refractivity contribution in [2.24, 2.45) is 0 Å². The van der Waals surface area contributed by atoms with Gasteiger partial charge < -0.3 is 10.2 Å². The van der Waals surface area contributed by atoms with Crippen LogP contribution < -0.4 is 0 Å². The predicted octanol–water partition coefficient (Wildman–Crippen LogP) is 2.36. The SMILES string of the molecule is CC(=O)c1ccc(O)c(-c2ccccn2)c1O. The molecule has 0 unspecified atom stereocenters. The molecule has 1 aromatic carbocycles. The van der Waals surface area contributed by atoms with Gasteiger partial charge in [-0.25, -0.2) is 0 Å². The number of Topliss-reactive ketones (excluding diaryl/α,β-unsaturated/α-hetero) is 1. The van der Waals surface area contributed by atoms with Crippen LogP contribution in [-0.4, -0.2) is 21.0 Å². The first-order valence-electron chi connectivity index (χ1n) is 5.08. The summed E-state index contributed by atoms with van der Waals surface area (Å²) in [6, 6.07) is 7.88. The molecule has 1 aromatic heterocycles. The second kappa shape index (κ2) is 4.25. The average molecular weight is 229 g/mol. The number of carbonyl (C=O) groups excluding carboxylic acids is 1. The number of hydrogen-bond donors (Lipinski definition) is 2. The number of hydrogen-bond acceptors (Lipinski definition) is 4. The molecule has 1 heterocycles. The number of phenolic OH excluding ortho intramolecular Hbond substituents is 2. The first kappa shape index (κ1) is 11.1. The molecule has 2 aromatic rings. The van der Waals surface area contributed by atoms with Crippen LogP contribution in [0.15, 0.2) is 36.5 Å². The van der Waals surface area contributed by atoms with E-state index in [0.717, 1.165) is 0 Å². The van der Waals surface area contributed by atoms with Crippen LogP contribution in [0.5, 0.6) is 11.5 Å². The van der Waals surface area contributed by atoms with Crippen LogP contribution in [-0.2, 0) is 0 Å². The highest BCUT2D eigenvalue weighted by Crippen LogP contribution is 2.38. The third kappa shape index (κ3) is 1.97. The van der Waals surface area contributed by atoms with E-state index < -0.39 is 0 Å². The predicted molar refractivity (Wildman–Crippen MR) is 63.0 cm³/mol. The van der Waals surface area contributed by atoms with Crippen LogP contribution in [0, 0.1) is 0 Å². The Kier molecular flexibility index (Phi) is 2.78. The van der Waals surface area contributed by atoms with Gasteiger partial charge in [-0.2, -0.15) is 0 Å². The number of aromatic hydroxyl groups is 2. The topological polar surface area (TPSA) is 70.4 Å². The lowest BCUT2D eigenvalue weighted by atomic mass is 10.0. The largest absolute Gasteiger partial charge is 0.507 e. The third-order valence-corrected chi connectivity index (χ3v) is 2.46. The summed E-state index contributed by atoms with van der Waals surface area (Å²) in [6.45, 7) is 1.36. The molecule has 0 bridgehead atoms. The minimum atomic E-state index is -0.264. The van der Waals surface area contributed by atoms with E-state index >= 15 is 0 Å². The number of pyridine rings is 1. The van der Waals surface area contributed by atoms with Gasteiger partial charge in [0.15, 0.2) is 5.78 Å². The molecule has 0 saturated heterocycles. The Morgan fingerprint density at radius 3 is 2.53 bits per heavy atom. The molecule has 2 rings (SSSR count). The Balaban J connectivity index is 2.69. The molecule has 17 heavy (non-hydrogen) atoms. The lowest BCUT2D eigenvalue weighted by Gasteiger charge is -2.09. The van der Waals surface area contributed by atoms with E-state index in [9.17, 15) is 15.0 Å². The Labute approximate surface area is 98.2 Å². The number of rotatable bonds is 2.